The monoisotopic (exact) mass is 358 g/mol. The van der Waals surface area contributed by atoms with Gasteiger partial charge in [0.25, 0.3) is 0 Å². The van der Waals surface area contributed by atoms with Gasteiger partial charge in [0.1, 0.15) is 6.33 Å². The van der Waals surface area contributed by atoms with E-state index in [2.05, 4.69) is 52.0 Å². The van der Waals surface area contributed by atoms with Gasteiger partial charge in [-0.05, 0) is 40.5 Å². The third-order valence-electron chi connectivity index (χ3n) is 4.83. The van der Waals surface area contributed by atoms with Crippen molar-refractivity contribution in [3.63, 3.8) is 0 Å². The van der Waals surface area contributed by atoms with E-state index in [0.717, 1.165) is 47.3 Å². The molecule has 0 saturated carbocycles. The number of nitrogens with zero attached hydrogens (tertiary/aromatic N) is 4. The van der Waals surface area contributed by atoms with Crippen molar-refractivity contribution >= 4 is 17.2 Å². The lowest BCUT2D eigenvalue weighted by Crippen LogP contribution is -2.40. The number of hydrogen-bond acceptors (Lipinski definition) is 4. The predicted octanol–water partition coefficient (Wildman–Crippen LogP) is 2.54. The van der Waals surface area contributed by atoms with Crippen LogP contribution in [0.25, 0.3) is 11.3 Å². The van der Waals surface area contributed by atoms with Gasteiger partial charge in [0.05, 0.1) is 17.9 Å². The average Bonchev–Trinajstić information content (AvgIpc) is 3.17. The van der Waals surface area contributed by atoms with Gasteiger partial charge in [0, 0.05) is 32.0 Å². The number of guanidine groups is 1. The van der Waals surface area contributed by atoms with Crippen LogP contribution in [-0.4, -0.2) is 34.4 Å². The zero-order chi connectivity index (χ0) is 18.8. The van der Waals surface area contributed by atoms with Crippen LogP contribution in [0.2, 0.25) is 0 Å². The molecule has 0 saturated heterocycles. The minimum Gasteiger partial charge on any atom is -0.324 e. The van der Waals surface area contributed by atoms with Crippen molar-refractivity contribution in [2.45, 2.75) is 13.1 Å². The molecule has 2 aliphatic rings. The maximum absolute atomic E-state index is 4.73. The molecule has 1 aromatic carbocycles. The Labute approximate surface area is 159 Å². The fraction of sp³-hybridized carbons (Fsp3) is 0.190. The molecule has 0 spiro atoms. The van der Waals surface area contributed by atoms with Gasteiger partial charge in [-0.2, -0.15) is 0 Å². The molecule has 0 radical (unpaired) electrons. The Balaban J connectivity index is 1.52. The number of allylic oxidation sites excluding steroid dienone is 1. The summed E-state index contributed by atoms with van der Waals surface area (Å²) in [5.74, 6) is 0.722. The third kappa shape index (κ3) is 3.52. The number of benzene rings is 1. The van der Waals surface area contributed by atoms with Crippen LogP contribution in [0.3, 0.4) is 0 Å². The second-order valence-corrected chi connectivity index (χ2v) is 6.66. The molecule has 2 aliphatic heterocycles. The Bertz CT molecular complexity index is 958. The lowest BCUT2D eigenvalue weighted by Gasteiger charge is -2.28. The van der Waals surface area contributed by atoms with Gasteiger partial charge in [-0.3, -0.25) is 0 Å². The number of nitrogens with one attached hydrogen (secondary N) is 2. The number of aliphatic imine (C=N–C) groups is 1. The summed E-state index contributed by atoms with van der Waals surface area (Å²) in [6.07, 6.45) is 5.19. The lowest BCUT2D eigenvalue weighted by molar-refractivity contribution is 0.616. The quantitative estimate of drug-likeness (QED) is 0.879. The van der Waals surface area contributed by atoms with Gasteiger partial charge in [0.2, 0.25) is 5.96 Å². The summed E-state index contributed by atoms with van der Waals surface area (Å²) in [6.45, 7) is 10.7. The van der Waals surface area contributed by atoms with Crippen LogP contribution in [0.5, 0.6) is 0 Å². The summed E-state index contributed by atoms with van der Waals surface area (Å²) in [4.78, 5) is 14.9. The highest BCUT2D eigenvalue weighted by molar-refractivity contribution is 5.93. The van der Waals surface area contributed by atoms with Crippen LogP contribution in [0.1, 0.15) is 22.4 Å². The molecule has 0 amide bonds. The van der Waals surface area contributed by atoms with Gasteiger partial charge in [0.15, 0.2) is 0 Å². The summed E-state index contributed by atoms with van der Waals surface area (Å²) < 4.78 is 0. The molecule has 0 aliphatic carbocycles. The van der Waals surface area contributed by atoms with Crippen molar-refractivity contribution < 1.29 is 0 Å². The maximum atomic E-state index is 4.73. The van der Waals surface area contributed by atoms with Crippen LogP contribution in [0.15, 0.2) is 66.7 Å². The third-order valence-corrected chi connectivity index (χ3v) is 4.83. The lowest BCUT2D eigenvalue weighted by atomic mass is 10.0. The standard InChI is InChI=1S/C21H22N6/c1-14(16-4-5-17-11-23-12-18(17)9-16)10-24-21-26-20(8-15(2)27(21)3)19-6-7-22-13-25-19/h4-9,13,23H,1-2,10-12H2,3H3,(H,24,26). The first-order chi connectivity index (χ1) is 13.1. The number of likely N-dealkylation sites (N-methyl/N-ethyl adjacent to an activating group) is 1. The van der Waals surface area contributed by atoms with E-state index in [1.54, 1.807) is 6.20 Å². The van der Waals surface area contributed by atoms with E-state index in [0.29, 0.717) is 6.54 Å². The van der Waals surface area contributed by atoms with Gasteiger partial charge in [-0.15, -0.1) is 0 Å². The molecule has 2 N–H and O–H groups in total. The van der Waals surface area contributed by atoms with Gasteiger partial charge in [-0.25, -0.2) is 15.0 Å². The fourth-order valence-corrected chi connectivity index (χ4v) is 3.15. The number of aromatic nitrogens is 2. The zero-order valence-corrected chi connectivity index (χ0v) is 15.4. The number of hydrogen-bond donors (Lipinski definition) is 2. The van der Waals surface area contributed by atoms with Crippen molar-refractivity contribution in [1.82, 2.24) is 25.5 Å². The van der Waals surface area contributed by atoms with Crippen molar-refractivity contribution in [3.05, 3.63) is 84.1 Å². The minimum absolute atomic E-state index is 0.503. The highest BCUT2D eigenvalue weighted by atomic mass is 15.3. The Kier molecular flexibility index (Phi) is 4.56. The summed E-state index contributed by atoms with van der Waals surface area (Å²) in [5, 5.41) is 6.70. The molecule has 4 rings (SSSR count). The molecular weight excluding hydrogens is 336 g/mol. The van der Waals surface area contributed by atoms with Gasteiger partial charge < -0.3 is 15.5 Å². The number of fused-ring (bicyclic) bond motifs is 1. The van der Waals surface area contributed by atoms with E-state index >= 15 is 0 Å². The van der Waals surface area contributed by atoms with Gasteiger partial charge in [-0.1, -0.05) is 25.3 Å². The Morgan fingerprint density at radius 3 is 2.93 bits per heavy atom. The molecule has 1 aromatic heterocycles. The molecule has 136 valence electrons. The molecule has 0 unspecified atom stereocenters. The first-order valence-electron chi connectivity index (χ1n) is 8.84. The van der Waals surface area contributed by atoms with Crippen molar-refractivity contribution in [1.29, 1.82) is 0 Å². The molecule has 2 aromatic rings. The first-order valence-corrected chi connectivity index (χ1v) is 8.84. The van der Waals surface area contributed by atoms with Gasteiger partial charge >= 0.3 is 0 Å². The molecule has 0 atom stereocenters. The highest BCUT2D eigenvalue weighted by Crippen LogP contribution is 2.22. The smallest absolute Gasteiger partial charge is 0.203 e. The van der Waals surface area contributed by atoms with E-state index in [1.807, 2.05) is 24.1 Å². The molecular formula is C21H22N6. The van der Waals surface area contributed by atoms with E-state index in [4.69, 9.17) is 4.99 Å². The normalized spacial score (nSPS) is 17.5. The average molecular weight is 358 g/mol. The van der Waals surface area contributed by atoms with Crippen LogP contribution in [0, 0.1) is 0 Å². The molecule has 27 heavy (non-hydrogen) atoms. The van der Waals surface area contributed by atoms with E-state index in [9.17, 15) is 0 Å². The van der Waals surface area contributed by atoms with E-state index in [-0.39, 0.29) is 0 Å². The van der Waals surface area contributed by atoms with Crippen LogP contribution < -0.4 is 10.6 Å². The summed E-state index contributed by atoms with van der Waals surface area (Å²) >= 11 is 0. The Hall–Kier alpha value is -3.25. The van der Waals surface area contributed by atoms with E-state index in [1.165, 1.54) is 17.5 Å². The molecule has 6 nitrogen and oxygen atoms in total. The highest BCUT2D eigenvalue weighted by Gasteiger charge is 2.19. The summed E-state index contributed by atoms with van der Waals surface area (Å²) in [6, 6.07) is 8.36. The summed E-state index contributed by atoms with van der Waals surface area (Å²) in [7, 11) is 1.94. The topological polar surface area (TPSA) is 65.4 Å². The van der Waals surface area contributed by atoms with Crippen LogP contribution in [-0.2, 0) is 13.1 Å². The van der Waals surface area contributed by atoms with Crippen molar-refractivity contribution in [2.75, 3.05) is 13.6 Å². The van der Waals surface area contributed by atoms with Crippen LogP contribution >= 0.6 is 0 Å². The molecule has 3 heterocycles. The summed E-state index contributed by atoms with van der Waals surface area (Å²) in [5.41, 5.74) is 7.32. The van der Waals surface area contributed by atoms with Crippen LogP contribution in [0.4, 0.5) is 0 Å². The second-order valence-electron chi connectivity index (χ2n) is 6.66. The predicted molar refractivity (Wildman–Crippen MR) is 108 cm³/mol. The number of rotatable bonds is 4. The maximum Gasteiger partial charge on any atom is 0.203 e. The second kappa shape index (κ2) is 7.17. The van der Waals surface area contributed by atoms with E-state index < -0.39 is 0 Å². The molecule has 6 heteroatoms. The first kappa shape index (κ1) is 17.2. The Morgan fingerprint density at radius 1 is 1.26 bits per heavy atom. The fourth-order valence-electron chi connectivity index (χ4n) is 3.15. The largest absolute Gasteiger partial charge is 0.324 e. The van der Waals surface area contributed by atoms with Crippen molar-refractivity contribution in [3.8, 4) is 0 Å². The minimum atomic E-state index is 0.503. The molecule has 0 bridgehead atoms. The zero-order valence-electron chi connectivity index (χ0n) is 15.4. The molecule has 0 fully saturated rings. The van der Waals surface area contributed by atoms with Crippen molar-refractivity contribution in [2.24, 2.45) is 4.99 Å². The SMILES string of the molecule is C=C(CN=C1NC(c2ccncn2)=CC(=C)N1C)c1ccc2c(c1)CNC2. The Morgan fingerprint density at radius 2 is 2.11 bits per heavy atom.